The highest BCUT2D eigenvalue weighted by molar-refractivity contribution is 5.84. The summed E-state index contributed by atoms with van der Waals surface area (Å²) < 4.78 is 5.17. The number of hydrogen-bond acceptors (Lipinski definition) is 3. The topological polar surface area (TPSA) is 66.8 Å². The normalized spacial score (nSPS) is 21.2. The summed E-state index contributed by atoms with van der Waals surface area (Å²) in [5.41, 5.74) is -0.539. The molecule has 5 nitrogen and oxygen atoms in total. The molecule has 1 saturated heterocycles. The van der Waals surface area contributed by atoms with E-state index in [4.69, 9.17) is 9.84 Å². The summed E-state index contributed by atoms with van der Waals surface area (Å²) in [7, 11) is 1.55. The highest BCUT2D eigenvalue weighted by Gasteiger charge is 2.35. The van der Waals surface area contributed by atoms with Crippen molar-refractivity contribution >= 4 is 11.9 Å². The van der Waals surface area contributed by atoms with Gasteiger partial charge in [-0.3, -0.25) is 4.79 Å². The van der Waals surface area contributed by atoms with Crippen molar-refractivity contribution in [2.24, 2.45) is 0 Å². The molecule has 5 heteroatoms. The maximum atomic E-state index is 11.9. The first-order valence-electron chi connectivity index (χ1n) is 5.45. The largest absolute Gasteiger partial charge is 0.480 e. The molecule has 0 unspecified atom stereocenters. The third kappa shape index (κ3) is 2.95. The van der Waals surface area contributed by atoms with Crippen molar-refractivity contribution in [1.82, 2.24) is 4.90 Å². The van der Waals surface area contributed by atoms with Gasteiger partial charge in [-0.15, -0.1) is 0 Å². The van der Waals surface area contributed by atoms with Crippen LogP contribution in [0.15, 0.2) is 0 Å². The molecule has 0 aliphatic carbocycles. The van der Waals surface area contributed by atoms with Crippen LogP contribution in [-0.4, -0.2) is 47.2 Å². The van der Waals surface area contributed by atoms with Crippen molar-refractivity contribution in [3.63, 3.8) is 0 Å². The Morgan fingerprint density at radius 3 is 2.62 bits per heavy atom. The van der Waals surface area contributed by atoms with Gasteiger partial charge in [-0.2, -0.15) is 0 Å². The first kappa shape index (κ1) is 13.0. The molecule has 0 aromatic rings. The van der Waals surface area contributed by atoms with E-state index in [-0.39, 0.29) is 12.3 Å². The molecule has 0 spiro atoms. The Bertz CT molecular complexity index is 288. The van der Waals surface area contributed by atoms with Gasteiger partial charge in [0.25, 0.3) is 0 Å². The van der Waals surface area contributed by atoms with Gasteiger partial charge in [0.1, 0.15) is 6.04 Å². The molecular formula is C11H19NO4. The standard InChI is InChI=1S/C11H19NO4/c1-11(2,16-3)7-9(13)12-6-4-5-8(12)10(14)15/h8H,4-7H2,1-3H3,(H,14,15)/t8-/m1/s1. The molecular weight excluding hydrogens is 210 g/mol. The van der Waals surface area contributed by atoms with Gasteiger partial charge in [-0.05, 0) is 26.7 Å². The lowest BCUT2D eigenvalue weighted by Crippen LogP contribution is -2.43. The fourth-order valence-corrected chi connectivity index (χ4v) is 1.86. The van der Waals surface area contributed by atoms with E-state index in [1.54, 1.807) is 7.11 Å². The number of carbonyl (C=O) groups excluding carboxylic acids is 1. The Morgan fingerprint density at radius 1 is 1.50 bits per heavy atom. The van der Waals surface area contributed by atoms with Crippen LogP contribution in [0, 0.1) is 0 Å². The second kappa shape index (κ2) is 4.82. The molecule has 1 aliphatic heterocycles. The Kier molecular flexibility index (Phi) is 3.91. The summed E-state index contributed by atoms with van der Waals surface area (Å²) in [6, 6.07) is -0.653. The minimum Gasteiger partial charge on any atom is -0.480 e. The first-order chi connectivity index (χ1) is 7.37. The van der Waals surface area contributed by atoms with E-state index in [9.17, 15) is 9.59 Å². The zero-order valence-electron chi connectivity index (χ0n) is 10.0. The van der Waals surface area contributed by atoms with Gasteiger partial charge >= 0.3 is 5.97 Å². The predicted octanol–water partition coefficient (Wildman–Crippen LogP) is 0.877. The molecule has 1 amide bonds. The van der Waals surface area contributed by atoms with E-state index < -0.39 is 17.6 Å². The van der Waals surface area contributed by atoms with E-state index >= 15 is 0 Å². The van der Waals surface area contributed by atoms with Crippen LogP contribution in [0.3, 0.4) is 0 Å². The minimum absolute atomic E-state index is 0.142. The summed E-state index contributed by atoms with van der Waals surface area (Å²) in [5.74, 6) is -1.06. The number of carboxylic acids is 1. The Hall–Kier alpha value is -1.10. The lowest BCUT2D eigenvalue weighted by Gasteiger charge is -2.27. The van der Waals surface area contributed by atoms with Crippen LogP contribution in [0.25, 0.3) is 0 Å². The lowest BCUT2D eigenvalue weighted by molar-refractivity contribution is -0.150. The molecule has 1 aliphatic rings. The van der Waals surface area contributed by atoms with Crippen LogP contribution >= 0.6 is 0 Å². The molecule has 1 rings (SSSR count). The second-order valence-corrected chi connectivity index (χ2v) is 4.72. The van der Waals surface area contributed by atoms with Crippen molar-refractivity contribution in [1.29, 1.82) is 0 Å². The van der Waals surface area contributed by atoms with E-state index in [1.165, 1.54) is 4.90 Å². The quantitative estimate of drug-likeness (QED) is 0.777. The zero-order valence-corrected chi connectivity index (χ0v) is 10.0. The van der Waals surface area contributed by atoms with Crippen LogP contribution < -0.4 is 0 Å². The highest BCUT2D eigenvalue weighted by Crippen LogP contribution is 2.22. The summed E-state index contributed by atoms with van der Waals surface area (Å²) in [6.45, 7) is 4.17. The molecule has 1 fully saturated rings. The number of nitrogens with zero attached hydrogens (tertiary/aromatic N) is 1. The second-order valence-electron chi connectivity index (χ2n) is 4.72. The minimum atomic E-state index is -0.916. The SMILES string of the molecule is COC(C)(C)CC(=O)N1CCC[C@@H]1C(=O)O. The number of ether oxygens (including phenoxy) is 1. The van der Waals surface area contributed by atoms with Gasteiger partial charge in [0.05, 0.1) is 12.0 Å². The molecule has 0 bridgehead atoms. The molecule has 1 heterocycles. The van der Waals surface area contributed by atoms with Crippen LogP contribution in [-0.2, 0) is 14.3 Å². The van der Waals surface area contributed by atoms with Crippen LogP contribution in [0.4, 0.5) is 0 Å². The highest BCUT2D eigenvalue weighted by atomic mass is 16.5. The molecule has 1 N–H and O–H groups in total. The average molecular weight is 229 g/mol. The molecule has 0 radical (unpaired) electrons. The predicted molar refractivity (Wildman–Crippen MR) is 58.1 cm³/mol. The monoisotopic (exact) mass is 229 g/mol. The Morgan fingerprint density at radius 2 is 2.12 bits per heavy atom. The summed E-state index contributed by atoms with van der Waals surface area (Å²) in [6.07, 6.45) is 1.53. The van der Waals surface area contributed by atoms with Crippen LogP contribution in [0.1, 0.15) is 33.1 Å². The molecule has 16 heavy (non-hydrogen) atoms. The lowest BCUT2D eigenvalue weighted by atomic mass is 10.0. The number of hydrogen-bond donors (Lipinski definition) is 1. The number of amides is 1. The fourth-order valence-electron chi connectivity index (χ4n) is 1.86. The van der Waals surface area contributed by atoms with Crippen molar-refractivity contribution in [2.45, 2.75) is 44.8 Å². The van der Waals surface area contributed by atoms with Gasteiger partial charge < -0.3 is 14.7 Å². The summed E-state index contributed by atoms with van der Waals surface area (Å²) >= 11 is 0. The third-order valence-corrected chi connectivity index (χ3v) is 2.99. The van der Waals surface area contributed by atoms with Crippen molar-refractivity contribution in [3.05, 3.63) is 0 Å². The smallest absolute Gasteiger partial charge is 0.326 e. The molecule has 0 aromatic carbocycles. The Labute approximate surface area is 95.4 Å². The van der Waals surface area contributed by atoms with Gasteiger partial charge in [0.2, 0.25) is 5.91 Å². The van der Waals surface area contributed by atoms with Gasteiger partial charge in [-0.25, -0.2) is 4.79 Å². The number of aliphatic carboxylic acids is 1. The van der Waals surface area contributed by atoms with E-state index in [0.29, 0.717) is 13.0 Å². The summed E-state index contributed by atoms with van der Waals surface area (Å²) in [5, 5.41) is 8.96. The van der Waals surface area contributed by atoms with Crippen LogP contribution in [0.2, 0.25) is 0 Å². The van der Waals surface area contributed by atoms with E-state index in [1.807, 2.05) is 13.8 Å². The number of likely N-dealkylation sites (tertiary alicyclic amines) is 1. The van der Waals surface area contributed by atoms with Crippen LogP contribution in [0.5, 0.6) is 0 Å². The number of carbonyl (C=O) groups is 2. The number of carboxylic acid groups (broad SMARTS) is 1. The van der Waals surface area contributed by atoms with Gasteiger partial charge in [0, 0.05) is 13.7 Å². The molecule has 0 saturated carbocycles. The summed E-state index contributed by atoms with van der Waals surface area (Å²) in [4.78, 5) is 24.3. The maximum absolute atomic E-state index is 11.9. The molecule has 92 valence electrons. The fraction of sp³-hybridized carbons (Fsp3) is 0.818. The van der Waals surface area contributed by atoms with Gasteiger partial charge in [-0.1, -0.05) is 0 Å². The van der Waals surface area contributed by atoms with Crippen molar-refractivity contribution in [3.8, 4) is 0 Å². The Balaban J connectivity index is 2.63. The van der Waals surface area contributed by atoms with Gasteiger partial charge in [0.15, 0.2) is 0 Å². The number of rotatable bonds is 4. The molecule has 0 aromatic heterocycles. The van der Waals surface area contributed by atoms with E-state index in [0.717, 1.165) is 6.42 Å². The first-order valence-corrected chi connectivity index (χ1v) is 5.45. The van der Waals surface area contributed by atoms with Crippen molar-refractivity contribution in [2.75, 3.05) is 13.7 Å². The molecule has 1 atom stereocenters. The zero-order chi connectivity index (χ0) is 12.3. The maximum Gasteiger partial charge on any atom is 0.326 e. The third-order valence-electron chi connectivity index (χ3n) is 2.99. The van der Waals surface area contributed by atoms with E-state index in [2.05, 4.69) is 0 Å². The van der Waals surface area contributed by atoms with Crippen molar-refractivity contribution < 1.29 is 19.4 Å². The average Bonchev–Trinajstić information content (AvgIpc) is 2.65. The number of methoxy groups -OCH3 is 1.